The normalized spacial score (nSPS) is 22.0. The zero-order valence-electron chi connectivity index (χ0n) is 23.9. The second-order valence-electron chi connectivity index (χ2n) is 11.1. The molecule has 10 nitrogen and oxygen atoms in total. The highest BCUT2D eigenvalue weighted by Gasteiger charge is 2.55. The Kier molecular flexibility index (Phi) is 12.1. The number of rotatable bonds is 15. The van der Waals surface area contributed by atoms with Gasteiger partial charge in [0.15, 0.2) is 12.3 Å². The van der Waals surface area contributed by atoms with Gasteiger partial charge >= 0.3 is 11.7 Å². The largest absolute Gasteiger partial charge is 0.457 e. The third-order valence-corrected chi connectivity index (χ3v) is 13.7. The maximum absolute atomic E-state index is 12.9. The highest BCUT2D eigenvalue weighted by Crippen LogP contribution is 2.46. The van der Waals surface area contributed by atoms with Gasteiger partial charge in [0.25, 0.3) is 5.56 Å². The van der Waals surface area contributed by atoms with Gasteiger partial charge in [-0.3, -0.25) is 23.9 Å². The molecule has 1 aromatic rings. The number of hydrogen-bond acceptors (Lipinski definition) is 8. The van der Waals surface area contributed by atoms with Crippen molar-refractivity contribution in [3.8, 4) is 0 Å². The predicted molar refractivity (Wildman–Crippen MR) is 147 cm³/mol. The van der Waals surface area contributed by atoms with Gasteiger partial charge in [-0.1, -0.05) is 61.3 Å². The molecule has 0 amide bonds. The predicted octanol–water partition coefficient (Wildman–Crippen LogP) is 3.83. The van der Waals surface area contributed by atoms with E-state index >= 15 is 0 Å². The van der Waals surface area contributed by atoms with E-state index < -0.39 is 56.7 Å². The Morgan fingerprint density at radius 1 is 1.03 bits per heavy atom. The Morgan fingerprint density at radius 2 is 1.66 bits per heavy atom. The molecule has 2 rings (SSSR count). The van der Waals surface area contributed by atoms with Crippen molar-refractivity contribution in [2.24, 2.45) is 0 Å². The summed E-state index contributed by atoms with van der Waals surface area (Å²) in [5.74, 6) is -0.581. The van der Waals surface area contributed by atoms with Crippen LogP contribution in [-0.2, 0) is 23.5 Å². The molecule has 0 saturated carbocycles. The van der Waals surface area contributed by atoms with E-state index in [9.17, 15) is 24.3 Å². The van der Waals surface area contributed by atoms with Gasteiger partial charge in [0.05, 0.1) is 13.0 Å². The molecular formula is C27H46N2O8Si. The van der Waals surface area contributed by atoms with E-state index in [0.717, 1.165) is 19.3 Å². The Morgan fingerprint density at radius 3 is 2.18 bits per heavy atom. The highest BCUT2D eigenvalue weighted by molar-refractivity contribution is 6.77. The van der Waals surface area contributed by atoms with Gasteiger partial charge in [0.1, 0.15) is 18.0 Å². The third-order valence-electron chi connectivity index (χ3n) is 7.57. The van der Waals surface area contributed by atoms with Gasteiger partial charge < -0.3 is 19.0 Å². The molecule has 2 N–H and O–H groups in total. The number of aromatic nitrogens is 2. The molecule has 1 unspecified atom stereocenters. The van der Waals surface area contributed by atoms with Crippen LogP contribution in [0.15, 0.2) is 21.9 Å². The van der Waals surface area contributed by atoms with E-state index in [-0.39, 0.29) is 35.2 Å². The van der Waals surface area contributed by atoms with Crippen molar-refractivity contribution in [1.29, 1.82) is 0 Å². The number of ether oxygens (including phenoxy) is 2. The molecule has 4 atom stereocenters. The minimum Gasteiger partial charge on any atom is -0.457 e. The smallest absolute Gasteiger partial charge is 0.330 e. The molecule has 1 aliphatic rings. The number of nitrogens with zero attached hydrogens (tertiary/aromatic N) is 1. The second kappa shape index (κ2) is 14.3. The first-order valence-electron chi connectivity index (χ1n) is 13.9. The van der Waals surface area contributed by atoms with E-state index in [1.54, 1.807) is 0 Å². The number of hydrogen-bond donors (Lipinski definition) is 2. The number of unbranched alkanes of at least 4 members (excludes halogenated alkanes) is 2. The fourth-order valence-electron chi connectivity index (χ4n) is 5.77. The van der Waals surface area contributed by atoms with E-state index in [1.807, 2.05) is 0 Å². The molecule has 1 saturated heterocycles. The molecule has 1 aromatic heterocycles. The highest BCUT2D eigenvalue weighted by atomic mass is 28.4. The van der Waals surface area contributed by atoms with Crippen molar-refractivity contribution in [2.45, 2.75) is 128 Å². The zero-order valence-corrected chi connectivity index (χ0v) is 24.9. The minimum atomic E-state index is -2.58. The molecule has 1 aliphatic heterocycles. The Hall–Kier alpha value is -2.08. The fraction of sp³-hybridized carbons (Fsp3) is 0.778. The molecule has 0 spiro atoms. The lowest BCUT2D eigenvalue weighted by Crippen LogP contribution is -2.54. The van der Waals surface area contributed by atoms with Crippen LogP contribution in [0.2, 0.25) is 16.6 Å². The number of ketones is 1. The Labute approximate surface area is 226 Å². The molecule has 11 heteroatoms. The van der Waals surface area contributed by atoms with Crippen molar-refractivity contribution < 1.29 is 28.6 Å². The first-order chi connectivity index (χ1) is 17.9. The van der Waals surface area contributed by atoms with Crippen molar-refractivity contribution in [3.63, 3.8) is 0 Å². The number of carbonyl (C=O) groups is 2. The number of Topliss-reactive ketones (excluding diaryl/α,β-unsaturated/α-hetero) is 1. The van der Waals surface area contributed by atoms with Crippen molar-refractivity contribution in [1.82, 2.24) is 9.55 Å². The van der Waals surface area contributed by atoms with Crippen LogP contribution in [0.1, 0.15) is 93.2 Å². The summed E-state index contributed by atoms with van der Waals surface area (Å²) in [6.45, 7) is 14.2. The molecule has 38 heavy (non-hydrogen) atoms. The maximum Gasteiger partial charge on any atom is 0.330 e. The quantitative estimate of drug-likeness (QED) is 0.190. The molecule has 0 aliphatic carbocycles. The van der Waals surface area contributed by atoms with Crippen molar-refractivity contribution in [2.75, 3.05) is 6.61 Å². The van der Waals surface area contributed by atoms with E-state index in [4.69, 9.17) is 13.9 Å². The van der Waals surface area contributed by atoms with Crippen LogP contribution in [0.5, 0.6) is 0 Å². The number of aliphatic hydroxyl groups excluding tert-OH is 1. The summed E-state index contributed by atoms with van der Waals surface area (Å²) in [6, 6.07) is 1.21. The number of carbonyl (C=O) groups excluding carboxylic acids is 2. The van der Waals surface area contributed by atoms with Crippen LogP contribution < -0.4 is 11.2 Å². The summed E-state index contributed by atoms with van der Waals surface area (Å²) in [6.07, 6.45) is 0.617. The lowest BCUT2D eigenvalue weighted by atomic mass is 10.1. The standard InChI is InChI=1S/C27H46N2O8Si/c1-8-9-10-11-20(31)12-13-23(33)36-24-21(16-30)35-26(29-15-14-22(32)28-27(29)34)25(24)37-38(17(2)3,18(4)5)19(6)7/h14-15,17-19,21,24-26,30H,8-13,16H2,1-7H3,(H,28,32,34)/t21-,24?,25+,26-/m1/s1. The van der Waals surface area contributed by atoms with Gasteiger partial charge in [-0.2, -0.15) is 0 Å². The lowest BCUT2D eigenvalue weighted by molar-refractivity contribution is -0.157. The average molecular weight is 555 g/mol. The lowest BCUT2D eigenvalue weighted by Gasteiger charge is -2.45. The molecule has 1 fully saturated rings. The number of aliphatic hydroxyl groups is 1. The van der Waals surface area contributed by atoms with Crippen LogP contribution in [0.3, 0.4) is 0 Å². The number of aromatic amines is 1. The maximum atomic E-state index is 12.9. The fourth-order valence-corrected chi connectivity index (χ4v) is 11.3. The summed E-state index contributed by atoms with van der Waals surface area (Å²) in [4.78, 5) is 51.7. The Bertz CT molecular complexity index is 1010. The summed E-state index contributed by atoms with van der Waals surface area (Å²) >= 11 is 0. The molecular weight excluding hydrogens is 508 g/mol. The monoisotopic (exact) mass is 554 g/mol. The second-order valence-corrected chi connectivity index (χ2v) is 16.5. The van der Waals surface area contributed by atoms with Gasteiger partial charge in [0, 0.05) is 25.1 Å². The van der Waals surface area contributed by atoms with E-state index in [2.05, 4.69) is 53.5 Å². The van der Waals surface area contributed by atoms with E-state index in [0.29, 0.717) is 6.42 Å². The zero-order chi connectivity index (χ0) is 28.6. The molecule has 0 bridgehead atoms. The van der Waals surface area contributed by atoms with Gasteiger partial charge in [-0.15, -0.1) is 0 Å². The summed E-state index contributed by atoms with van der Waals surface area (Å²) in [5.41, 5.74) is -0.701. The first-order valence-corrected chi connectivity index (χ1v) is 16.0. The van der Waals surface area contributed by atoms with Crippen LogP contribution >= 0.6 is 0 Å². The van der Waals surface area contributed by atoms with Crippen molar-refractivity contribution in [3.05, 3.63) is 33.1 Å². The number of esters is 1. The van der Waals surface area contributed by atoms with Crippen LogP contribution in [0, 0.1) is 0 Å². The third kappa shape index (κ3) is 7.52. The molecule has 0 radical (unpaired) electrons. The molecule has 2 heterocycles. The van der Waals surface area contributed by atoms with Crippen LogP contribution in [0.4, 0.5) is 0 Å². The molecule has 216 valence electrons. The minimum absolute atomic E-state index is 0.00750. The SMILES string of the molecule is CCCCCC(=O)CCC(=O)OC1[C@@H](CO)O[C@@H](n2ccc(=O)[nH]c2=O)[C@H]1O[Si](C(C)C)(C(C)C)C(C)C. The Balaban J connectivity index is 2.41. The van der Waals surface area contributed by atoms with E-state index in [1.165, 1.54) is 16.8 Å². The number of nitrogens with one attached hydrogen (secondary N) is 1. The summed E-state index contributed by atoms with van der Waals surface area (Å²) in [5, 5.41) is 10.1. The summed E-state index contributed by atoms with van der Waals surface area (Å²) < 4.78 is 20.1. The average Bonchev–Trinajstić information content (AvgIpc) is 3.16. The first kappa shape index (κ1) is 32.1. The van der Waals surface area contributed by atoms with Crippen molar-refractivity contribution >= 4 is 20.1 Å². The summed E-state index contributed by atoms with van der Waals surface area (Å²) in [7, 11) is -2.58. The van der Waals surface area contributed by atoms with Gasteiger partial charge in [0.2, 0.25) is 8.32 Å². The van der Waals surface area contributed by atoms with Crippen LogP contribution in [0.25, 0.3) is 0 Å². The number of H-pyrrole nitrogens is 1. The topological polar surface area (TPSA) is 137 Å². The van der Waals surface area contributed by atoms with Gasteiger partial charge in [-0.25, -0.2) is 4.79 Å². The van der Waals surface area contributed by atoms with Crippen LogP contribution in [-0.4, -0.2) is 59.6 Å². The molecule has 0 aromatic carbocycles. The van der Waals surface area contributed by atoms with Gasteiger partial charge in [-0.05, 0) is 23.0 Å².